The standard InChI is InChI=1S/C32H64O9/c1-3-4-5-6-7-8-9-13-16-33-17-18-34-19-20-35-21-22-36-23-24-37-25-26-38-27-28-39-29-30-40-31(2)41-32-14-11-10-12-15-32/h31-32H,3-30H2,1-2H3. The Morgan fingerprint density at radius 3 is 1.24 bits per heavy atom. The lowest BCUT2D eigenvalue weighted by molar-refractivity contribution is -0.172. The van der Waals surface area contributed by atoms with Gasteiger partial charge in [-0.1, -0.05) is 71.1 Å². The topological polar surface area (TPSA) is 83.1 Å². The summed E-state index contributed by atoms with van der Waals surface area (Å²) < 4.78 is 50.3. The molecule has 0 bridgehead atoms. The maximum Gasteiger partial charge on any atom is 0.155 e. The number of ether oxygens (including phenoxy) is 9. The number of rotatable bonds is 33. The average molecular weight is 593 g/mol. The minimum Gasteiger partial charge on any atom is -0.379 e. The zero-order chi connectivity index (χ0) is 29.3. The highest BCUT2D eigenvalue weighted by Crippen LogP contribution is 2.21. The van der Waals surface area contributed by atoms with Crippen molar-refractivity contribution < 1.29 is 42.6 Å². The van der Waals surface area contributed by atoms with Crippen molar-refractivity contribution in [2.75, 3.05) is 99.1 Å². The molecule has 1 aliphatic rings. The molecular weight excluding hydrogens is 528 g/mol. The summed E-state index contributed by atoms with van der Waals surface area (Å²) in [4.78, 5) is 0. The summed E-state index contributed by atoms with van der Waals surface area (Å²) in [6.45, 7) is 12.9. The highest BCUT2D eigenvalue weighted by Gasteiger charge is 2.16. The van der Waals surface area contributed by atoms with E-state index in [4.69, 9.17) is 42.6 Å². The van der Waals surface area contributed by atoms with E-state index in [2.05, 4.69) is 6.92 Å². The van der Waals surface area contributed by atoms with Crippen LogP contribution in [0.3, 0.4) is 0 Å². The minimum atomic E-state index is -0.170. The lowest BCUT2D eigenvalue weighted by Crippen LogP contribution is -2.25. The van der Waals surface area contributed by atoms with E-state index >= 15 is 0 Å². The molecule has 246 valence electrons. The molecule has 0 aromatic carbocycles. The Bertz CT molecular complexity index is 492. The van der Waals surface area contributed by atoms with E-state index in [-0.39, 0.29) is 6.29 Å². The number of hydrogen-bond donors (Lipinski definition) is 0. The molecule has 41 heavy (non-hydrogen) atoms. The van der Waals surface area contributed by atoms with E-state index < -0.39 is 0 Å². The smallest absolute Gasteiger partial charge is 0.155 e. The molecule has 1 atom stereocenters. The maximum atomic E-state index is 5.92. The van der Waals surface area contributed by atoms with Crippen molar-refractivity contribution in [2.45, 2.75) is 110 Å². The average Bonchev–Trinajstić information content (AvgIpc) is 2.98. The quantitative estimate of drug-likeness (QED) is 0.0678. The van der Waals surface area contributed by atoms with Crippen LogP contribution in [0, 0.1) is 0 Å². The predicted molar refractivity (Wildman–Crippen MR) is 162 cm³/mol. The number of hydrogen-bond acceptors (Lipinski definition) is 9. The van der Waals surface area contributed by atoms with Crippen LogP contribution in [0.25, 0.3) is 0 Å². The van der Waals surface area contributed by atoms with Crippen molar-refractivity contribution in [3.05, 3.63) is 0 Å². The first-order chi connectivity index (χ1) is 20.3. The first kappa shape index (κ1) is 38.7. The molecule has 1 aliphatic carbocycles. The Kier molecular flexibility index (Phi) is 30.7. The van der Waals surface area contributed by atoms with Crippen LogP contribution in [0.2, 0.25) is 0 Å². The van der Waals surface area contributed by atoms with Crippen LogP contribution in [0.1, 0.15) is 97.3 Å². The van der Waals surface area contributed by atoms with Gasteiger partial charge in [-0.15, -0.1) is 0 Å². The second-order valence-electron chi connectivity index (χ2n) is 10.6. The minimum absolute atomic E-state index is 0.170. The van der Waals surface area contributed by atoms with Crippen molar-refractivity contribution >= 4 is 0 Å². The third-order valence-electron chi connectivity index (χ3n) is 6.89. The van der Waals surface area contributed by atoms with E-state index in [0.29, 0.717) is 98.6 Å². The van der Waals surface area contributed by atoms with Gasteiger partial charge in [-0.05, 0) is 26.2 Å². The molecule has 1 unspecified atom stereocenters. The maximum absolute atomic E-state index is 5.92. The fraction of sp³-hybridized carbons (Fsp3) is 1.00. The summed E-state index contributed by atoms with van der Waals surface area (Å²) in [5.74, 6) is 0. The Hall–Kier alpha value is -0.360. The zero-order valence-corrected chi connectivity index (χ0v) is 26.6. The van der Waals surface area contributed by atoms with Crippen LogP contribution in [0.15, 0.2) is 0 Å². The summed E-state index contributed by atoms with van der Waals surface area (Å²) in [5.41, 5.74) is 0. The summed E-state index contributed by atoms with van der Waals surface area (Å²) in [5, 5.41) is 0. The molecule has 0 amide bonds. The van der Waals surface area contributed by atoms with Crippen molar-refractivity contribution in [1.82, 2.24) is 0 Å². The fourth-order valence-electron chi connectivity index (χ4n) is 4.54. The Morgan fingerprint density at radius 2 is 0.805 bits per heavy atom. The number of unbranched alkanes of at least 4 members (excludes halogenated alkanes) is 7. The molecule has 0 N–H and O–H groups in total. The Morgan fingerprint density at radius 1 is 0.439 bits per heavy atom. The fourth-order valence-corrected chi connectivity index (χ4v) is 4.54. The van der Waals surface area contributed by atoms with Crippen LogP contribution in [0.5, 0.6) is 0 Å². The summed E-state index contributed by atoms with van der Waals surface area (Å²) in [6.07, 6.45) is 16.9. The highest BCUT2D eigenvalue weighted by molar-refractivity contribution is 4.65. The molecule has 1 saturated carbocycles. The van der Waals surface area contributed by atoms with Gasteiger partial charge < -0.3 is 42.6 Å². The summed E-state index contributed by atoms with van der Waals surface area (Å²) in [6, 6.07) is 0. The van der Waals surface area contributed by atoms with Crippen molar-refractivity contribution in [2.24, 2.45) is 0 Å². The van der Waals surface area contributed by atoms with Crippen LogP contribution in [0.4, 0.5) is 0 Å². The third-order valence-corrected chi connectivity index (χ3v) is 6.89. The van der Waals surface area contributed by atoms with E-state index in [9.17, 15) is 0 Å². The van der Waals surface area contributed by atoms with Gasteiger partial charge in [0.1, 0.15) is 0 Å². The van der Waals surface area contributed by atoms with Gasteiger partial charge in [-0.25, -0.2) is 0 Å². The lowest BCUT2D eigenvalue weighted by atomic mass is 9.98. The highest BCUT2D eigenvalue weighted by atomic mass is 16.7. The monoisotopic (exact) mass is 592 g/mol. The van der Waals surface area contributed by atoms with Crippen molar-refractivity contribution in [1.29, 1.82) is 0 Å². The SMILES string of the molecule is CCCCCCCCCCOCCOCCOCCOCCOCCOCCOCCOC(C)OC1CCCCC1. The Labute approximate surface area is 251 Å². The lowest BCUT2D eigenvalue weighted by Gasteiger charge is -2.25. The van der Waals surface area contributed by atoms with Gasteiger partial charge in [0.2, 0.25) is 0 Å². The van der Waals surface area contributed by atoms with Gasteiger partial charge in [-0.2, -0.15) is 0 Å². The molecule has 0 radical (unpaired) electrons. The van der Waals surface area contributed by atoms with E-state index in [1.54, 1.807) is 0 Å². The van der Waals surface area contributed by atoms with Crippen molar-refractivity contribution in [3.63, 3.8) is 0 Å². The van der Waals surface area contributed by atoms with Gasteiger partial charge in [-0.3, -0.25) is 0 Å². The molecule has 0 saturated heterocycles. The van der Waals surface area contributed by atoms with Crippen molar-refractivity contribution in [3.8, 4) is 0 Å². The molecule has 1 rings (SSSR count). The zero-order valence-electron chi connectivity index (χ0n) is 26.6. The van der Waals surface area contributed by atoms with Gasteiger partial charge in [0.25, 0.3) is 0 Å². The van der Waals surface area contributed by atoms with Crippen LogP contribution in [-0.2, 0) is 42.6 Å². The summed E-state index contributed by atoms with van der Waals surface area (Å²) >= 11 is 0. The van der Waals surface area contributed by atoms with Crippen LogP contribution in [-0.4, -0.2) is 111 Å². The third kappa shape index (κ3) is 29.5. The van der Waals surface area contributed by atoms with Gasteiger partial charge in [0.05, 0.1) is 98.6 Å². The summed E-state index contributed by atoms with van der Waals surface area (Å²) in [7, 11) is 0. The van der Waals surface area contributed by atoms with E-state index in [1.807, 2.05) is 6.92 Å². The molecular formula is C32H64O9. The van der Waals surface area contributed by atoms with E-state index in [0.717, 1.165) is 25.9 Å². The van der Waals surface area contributed by atoms with Gasteiger partial charge in [0.15, 0.2) is 6.29 Å². The molecule has 0 aromatic rings. The van der Waals surface area contributed by atoms with Gasteiger partial charge >= 0.3 is 0 Å². The molecule has 0 aromatic heterocycles. The normalized spacial score (nSPS) is 15.1. The largest absolute Gasteiger partial charge is 0.379 e. The molecule has 9 nitrogen and oxygen atoms in total. The first-order valence-corrected chi connectivity index (χ1v) is 16.6. The predicted octanol–water partition coefficient (Wildman–Crippen LogP) is 5.96. The first-order valence-electron chi connectivity index (χ1n) is 16.6. The van der Waals surface area contributed by atoms with Crippen LogP contribution >= 0.6 is 0 Å². The van der Waals surface area contributed by atoms with Gasteiger partial charge in [0, 0.05) is 6.61 Å². The Balaban J connectivity index is 1.63. The second kappa shape index (κ2) is 32.6. The molecule has 9 heteroatoms. The molecule has 0 aliphatic heterocycles. The molecule has 1 fully saturated rings. The molecule has 0 heterocycles. The van der Waals surface area contributed by atoms with Crippen LogP contribution < -0.4 is 0 Å². The van der Waals surface area contributed by atoms with E-state index in [1.165, 1.54) is 64.2 Å². The second-order valence-corrected chi connectivity index (χ2v) is 10.6. The molecule has 0 spiro atoms.